The van der Waals surface area contributed by atoms with Crippen molar-refractivity contribution in [1.82, 2.24) is 4.57 Å². The van der Waals surface area contributed by atoms with Crippen molar-refractivity contribution in [2.24, 2.45) is 0 Å². The minimum Gasteiger partial charge on any atom is -0.465 e. The fraction of sp³-hybridized carbons (Fsp3) is 0.312. The summed E-state index contributed by atoms with van der Waals surface area (Å²) in [6, 6.07) is 6.79. The molecule has 6 heteroatoms. The van der Waals surface area contributed by atoms with Crippen molar-refractivity contribution < 1.29 is 19.1 Å². The average molecular weight is 303 g/mol. The molecule has 0 aliphatic rings. The van der Waals surface area contributed by atoms with Crippen molar-refractivity contribution in [3.8, 4) is 0 Å². The minimum absolute atomic E-state index is 0.0823. The molecule has 0 spiro atoms. The summed E-state index contributed by atoms with van der Waals surface area (Å²) < 4.78 is 11.3. The summed E-state index contributed by atoms with van der Waals surface area (Å²) in [6.45, 7) is 3.73. The summed E-state index contributed by atoms with van der Waals surface area (Å²) in [4.78, 5) is 36.0. The number of hydrogen-bond acceptors (Lipinski definition) is 5. The predicted octanol–water partition coefficient (Wildman–Crippen LogP) is 1.74. The lowest BCUT2D eigenvalue weighted by Gasteiger charge is -2.12. The molecule has 6 nitrogen and oxygen atoms in total. The monoisotopic (exact) mass is 303 g/mol. The van der Waals surface area contributed by atoms with Gasteiger partial charge in [-0.3, -0.25) is 9.59 Å². The van der Waals surface area contributed by atoms with E-state index >= 15 is 0 Å². The second kappa shape index (κ2) is 6.89. The van der Waals surface area contributed by atoms with E-state index in [0.29, 0.717) is 10.9 Å². The van der Waals surface area contributed by atoms with E-state index in [2.05, 4.69) is 0 Å². The molecule has 0 saturated carbocycles. The number of carbonyl (C=O) groups excluding carboxylic acids is 2. The van der Waals surface area contributed by atoms with Gasteiger partial charge in [0.2, 0.25) is 5.43 Å². The number of aromatic nitrogens is 1. The van der Waals surface area contributed by atoms with Crippen molar-refractivity contribution in [2.45, 2.75) is 20.4 Å². The Morgan fingerprint density at radius 3 is 2.45 bits per heavy atom. The van der Waals surface area contributed by atoms with Crippen LogP contribution in [0.3, 0.4) is 0 Å². The van der Waals surface area contributed by atoms with Crippen LogP contribution >= 0.6 is 0 Å². The number of benzene rings is 1. The molecule has 0 aliphatic carbocycles. The molecule has 1 aromatic heterocycles. The number of nitrogens with zero attached hydrogens (tertiary/aromatic N) is 1. The third-order valence-electron chi connectivity index (χ3n) is 3.09. The van der Waals surface area contributed by atoms with Gasteiger partial charge in [0.05, 0.1) is 18.7 Å². The zero-order chi connectivity index (χ0) is 16.1. The molecule has 0 bridgehead atoms. The first kappa shape index (κ1) is 15.8. The summed E-state index contributed by atoms with van der Waals surface area (Å²) in [6.07, 6.45) is 1.35. The number of pyridine rings is 1. The lowest BCUT2D eigenvalue weighted by Crippen LogP contribution is -2.23. The third kappa shape index (κ3) is 3.16. The Balaban J connectivity index is 2.58. The van der Waals surface area contributed by atoms with Crippen LogP contribution in [0.2, 0.25) is 0 Å². The molecule has 0 N–H and O–H groups in total. The van der Waals surface area contributed by atoms with Crippen LogP contribution in [0.1, 0.15) is 24.2 Å². The van der Waals surface area contributed by atoms with Crippen molar-refractivity contribution >= 4 is 22.8 Å². The summed E-state index contributed by atoms with van der Waals surface area (Å²) in [5.74, 6) is -1.14. The molecule has 0 radical (unpaired) electrons. The summed E-state index contributed by atoms with van der Waals surface area (Å²) in [7, 11) is 0. The molecule has 0 aliphatic heterocycles. The number of esters is 2. The standard InChI is InChI=1S/C16H17NO5/c1-3-21-14(18)10-17-9-12(16(20)22-4-2)15(19)11-7-5-6-8-13(11)17/h5-9H,3-4,10H2,1-2H3. The van der Waals surface area contributed by atoms with E-state index in [0.717, 1.165) is 0 Å². The van der Waals surface area contributed by atoms with E-state index in [1.54, 1.807) is 38.1 Å². The molecule has 0 atom stereocenters. The molecule has 116 valence electrons. The van der Waals surface area contributed by atoms with Gasteiger partial charge in [-0.25, -0.2) is 4.79 Å². The summed E-state index contributed by atoms with van der Waals surface area (Å²) in [5, 5.41) is 0.359. The number of para-hydroxylation sites is 1. The third-order valence-corrected chi connectivity index (χ3v) is 3.09. The van der Waals surface area contributed by atoms with E-state index in [1.165, 1.54) is 10.8 Å². The summed E-state index contributed by atoms with van der Waals surface area (Å²) >= 11 is 0. The largest absolute Gasteiger partial charge is 0.465 e. The summed E-state index contributed by atoms with van der Waals surface area (Å²) in [5.41, 5.74) is 0.0626. The maximum absolute atomic E-state index is 12.4. The highest BCUT2D eigenvalue weighted by Crippen LogP contribution is 2.12. The van der Waals surface area contributed by atoms with Crippen LogP contribution in [0.4, 0.5) is 0 Å². The van der Waals surface area contributed by atoms with Crippen LogP contribution in [0.25, 0.3) is 10.9 Å². The fourth-order valence-electron chi connectivity index (χ4n) is 2.18. The van der Waals surface area contributed by atoms with Crippen LogP contribution in [0, 0.1) is 0 Å². The molecule has 0 saturated heterocycles. The maximum atomic E-state index is 12.4. The van der Waals surface area contributed by atoms with Crippen LogP contribution in [0.15, 0.2) is 35.3 Å². The van der Waals surface area contributed by atoms with Crippen LogP contribution in [-0.2, 0) is 20.8 Å². The van der Waals surface area contributed by atoms with Gasteiger partial charge in [0.25, 0.3) is 0 Å². The first-order valence-electron chi connectivity index (χ1n) is 7.03. The molecule has 0 amide bonds. The second-order valence-corrected chi connectivity index (χ2v) is 4.54. The molecule has 1 heterocycles. The number of carbonyl (C=O) groups is 2. The van der Waals surface area contributed by atoms with Gasteiger partial charge in [0.1, 0.15) is 12.1 Å². The van der Waals surface area contributed by atoms with E-state index in [1.807, 2.05) is 0 Å². The molecule has 22 heavy (non-hydrogen) atoms. The van der Waals surface area contributed by atoms with E-state index in [4.69, 9.17) is 9.47 Å². The second-order valence-electron chi connectivity index (χ2n) is 4.54. The number of rotatable bonds is 5. The Bertz CT molecular complexity index is 763. The highest BCUT2D eigenvalue weighted by molar-refractivity contribution is 5.94. The van der Waals surface area contributed by atoms with E-state index in [-0.39, 0.29) is 25.3 Å². The number of fused-ring (bicyclic) bond motifs is 1. The van der Waals surface area contributed by atoms with Crippen molar-refractivity contribution in [1.29, 1.82) is 0 Å². The van der Waals surface area contributed by atoms with Crippen LogP contribution in [0.5, 0.6) is 0 Å². The minimum atomic E-state index is -0.698. The normalized spacial score (nSPS) is 10.5. The molecule has 0 unspecified atom stereocenters. The zero-order valence-corrected chi connectivity index (χ0v) is 12.5. The lowest BCUT2D eigenvalue weighted by atomic mass is 10.1. The Labute approximate surface area is 127 Å². The average Bonchev–Trinajstić information content (AvgIpc) is 2.50. The SMILES string of the molecule is CCOC(=O)Cn1cc(C(=O)OCC)c(=O)c2ccccc21. The first-order valence-corrected chi connectivity index (χ1v) is 7.03. The van der Waals surface area contributed by atoms with Crippen LogP contribution < -0.4 is 5.43 Å². The Morgan fingerprint density at radius 1 is 1.09 bits per heavy atom. The van der Waals surface area contributed by atoms with Crippen molar-refractivity contribution in [3.63, 3.8) is 0 Å². The van der Waals surface area contributed by atoms with Crippen LogP contribution in [-0.4, -0.2) is 29.7 Å². The fourth-order valence-corrected chi connectivity index (χ4v) is 2.18. The van der Waals surface area contributed by atoms with Gasteiger partial charge in [-0.1, -0.05) is 12.1 Å². The van der Waals surface area contributed by atoms with Crippen molar-refractivity contribution in [2.75, 3.05) is 13.2 Å². The van der Waals surface area contributed by atoms with Gasteiger partial charge in [0, 0.05) is 11.6 Å². The van der Waals surface area contributed by atoms with Gasteiger partial charge in [-0.05, 0) is 26.0 Å². The zero-order valence-electron chi connectivity index (χ0n) is 12.5. The highest BCUT2D eigenvalue weighted by atomic mass is 16.5. The Hall–Kier alpha value is -2.63. The van der Waals surface area contributed by atoms with E-state index < -0.39 is 17.4 Å². The molecular formula is C16H17NO5. The molecule has 1 aromatic carbocycles. The Kier molecular flexibility index (Phi) is 4.93. The highest BCUT2D eigenvalue weighted by Gasteiger charge is 2.17. The molecule has 2 aromatic rings. The van der Waals surface area contributed by atoms with Gasteiger partial charge in [-0.15, -0.1) is 0 Å². The predicted molar refractivity (Wildman–Crippen MR) is 80.8 cm³/mol. The van der Waals surface area contributed by atoms with Crippen molar-refractivity contribution in [3.05, 3.63) is 46.2 Å². The molecular weight excluding hydrogens is 286 g/mol. The molecule has 0 fully saturated rings. The number of ether oxygens (including phenoxy) is 2. The quantitative estimate of drug-likeness (QED) is 0.787. The molecule has 2 rings (SSSR count). The first-order chi connectivity index (χ1) is 10.6. The number of hydrogen-bond donors (Lipinski definition) is 0. The van der Waals surface area contributed by atoms with E-state index in [9.17, 15) is 14.4 Å². The topological polar surface area (TPSA) is 74.6 Å². The smallest absolute Gasteiger partial charge is 0.343 e. The van der Waals surface area contributed by atoms with Gasteiger partial charge < -0.3 is 14.0 Å². The lowest BCUT2D eigenvalue weighted by molar-refractivity contribution is -0.143. The maximum Gasteiger partial charge on any atom is 0.343 e. The van der Waals surface area contributed by atoms with Gasteiger partial charge in [-0.2, -0.15) is 0 Å². The Morgan fingerprint density at radius 2 is 1.77 bits per heavy atom. The van der Waals surface area contributed by atoms with Gasteiger partial charge in [0.15, 0.2) is 0 Å². The van der Waals surface area contributed by atoms with Gasteiger partial charge >= 0.3 is 11.9 Å².